The highest BCUT2D eigenvalue weighted by molar-refractivity contribution is 5.99. The molecule has 0 amide bonds. The van der Waals surface area contributed by atoms with Gasteiger partial charge in [0.2, 0.25) is 0 Å². The standard InChI is InChI=1S/C13H16F3N3O/c1-2-19(8-3-4-8)9-5-6-10(12(17)18-20)11(7-9)13(14,15)16/h5-8,20H,2-4H2,1H3,(H2,17,18). The van der Waals surface area contributed by atoms with E-state index in [0.717, 1.165) is 18.9 Å². The maximum absolute atomic E-state index is 13.1. The van der Waals surface area contributed by atoms with E-state index >= 15 is 0 Å². The van der Waals surface area contributed by atoms with Crippen molar-refractivity contribution in [2.75, 3.05) is 11.4 Å². The van der Waals surface area contributed by atoms with Crippen LogP contribution < -0.4 is 10.6 Å². The van der Waals surface area contributed by atoms with E-state index in [2.05, 4.69) is 5.16 Å². The van der Waals surface area contributed by atoms with Crippen molar-refractivity contribution in [2.24, 2.45) is 10.9 Å². The van der Waals surface area contributed by atoms with Crippen LogP contribution in [0.25, 0.3) is 0 Å². The Labute approximate surface area is 114 Å². The third kappa shape index (κ3) is 2.81. The highest BCUT2D eigenvalue weighted by Crippen LogP contribution is 2.37. The molecule has 20 heavy (non-hydrogen) atoms. The third-order valence-corrected chi connectivity index (χ3v) is 3.35. The van der Waals surface area contributed by atoms with Crippen LogP contribution in [0.2, 0.25) is 0 Å². The number of anilines is 1. The number of hydrogen-bond acceptors (Lipinski definition) is 3. The van der Waals surface area contributed by atoms with Crippen LogP contribution >= 0.6 is 0 Å². The van der Waals surface area contributed by atoms with Crippen LogP contribution in [0.15, 0.2) is 23.4 Å². The van der Waals surface area contributed by atoms with Gasteiger partial charge in [-0.25, -0.2) is 0 Å². The Balaban J connectivity index is 2.48. The van der Waals surface area contributed by atoms with Crippen molar-refractivity contribution in [1.29, 1.82) is 0 Å². The van der Waals surface area contributed by atoms with E-state index in [1.54, 1.807) is 6.07 Å². The van der Waals surface area contributed by atoms with Crippen molar-refractivity contribution < 1.29 is 18.4 Å². The van der Waals surface area contributed by atoms with Gasteiger partial charge in [0, 0.05) is 23.8 Å². The average molecular weight is 287 g/mol. The van der Waals surface area contributed by atoms with Gasteiger partial charge in [-0.3, -0.25) is 0 Å². The van der Waals surface area contributed by atoms with Crippen LogP contribution in [0.1, 0.15) is 30.9 Å². The molecule has 0 spiro atoms. The lowest BCUT2D eigenvalue weighted by molar-refractivity contribution is -0.137. The molecule has 4 nitrogen and oxygen atoms in total. The molecule has 0 heterocycles. The van der Waals surface area contributed by atoms with Crippen molar-refractivity contribution in [1.82, 2.24) is 0 Å². The number of nitrogens with zero attached hydrogens (tertiary/aromatic N) is 2. The van der Waals surface area contributed by atoms with Crippen LogP contribution in [-0.4, -0.2) is 23.6 Å². The first-order valence-electron chi connectivity index (χ1n) is 6.34. The second-order valence-corrected chi connectivity index (χ2v) is 4.73. The second kappa shape index (κ2) is 5.22. The molecule has 0 radical (unpaired) electrons. The highest BCUT2D eigenvalue weighted by Gasteiger charge is 2.36. The molecule has 110 valence electrons. The van der Waals surface area contributed by atoms with E-state index in [-0.39, 0.29) is 5.56 Å². The smallest absolute Gasteiger partial charge is 0.409 e. The summed E-state index contributed by atoms with van der Waals surface area (Å²) in [5, 5.41) is 11.2. The molecular formula is C13H16F3N3O. The van der Waals surface area contributed by atoms with E-state index < -0.39 is 17.6 Å². The lowest BCUT2D eigenvalue weighted by Gasteiger charge is -2.24. The Kier molecular flexibility index (Phi) is 3.78. The molecule has 0 aromatic heterocycles. The third-order valence-electron chi connectivity index (χ3n) is 3.35. The Hall–Kier alpha value is -1.92. The van der Waals surface area contributed by atoms with Gasteiger partial charge >= 0.3 is 6.18 Å². The lowest BCUT2D eigenvalue weighted by atomic mass is 10.0. The van der Waals surface area contributed by atoms with Crippen molar-refractivity contribution >= 4 is 11.5 Å². The molecule has 1 aromatic carbocycles. The Morgan fingerprint density at radius 1 is 1.45 bits per heavy atom. The first kappa shape index (κ1) is 14.5. The molecule has 0 bridgehead atoms. The minimum absolute atomic E-state index is 0.310. The fraction of sp³-hybridized carbons (Fsp3) is 0.462. The first-order valence-corrected chi connectivity index (χ1v) is 6.34. The van der Waals surface area contributed by atoms with E-state index in [1.807, 2.05) is 11.8 Å². The molecule has 0 aliphatic heterocycles. The van der Waals surface area contributed by atoms with Gasteiger partial charge in [-0.05, 0) is 38.0 Å². The van der Waals surface area contributed by atoms with E-state index in [9.17, 15) is 13.2 Å². The molecule has 0 atom stereocenters. The minimum atomic E-state index is -4.55. The summed E-state index contributed by atoms with van der Waals surface area (Å²) in [6.45, 7) is 2.55. The molecule has 1 fully saturated rings. The molecule has 2 rings (SSSR count). The van der Waals surface area contributed by atoms with Crippen LogP contribution in [-0.2, 0) is 6.18 Å². The van der Waals surface area contributed by atoms with Gasteiger partial charge in [0.15, 0.2) is 5.84 Å². The topological polar surface area (TPSA) is 61.8 Å². The van der Waals surface area contributed by atoms with Crippen LogP contribution in [0.5, 0.6) is 0 Å². The predicted octanol–water partition coefficient (Wildman–Crippen LogP) is 2.79. The van der Waals surface area contributed by atoms with Crippen molar-refractivity contribution in [3.63, 3.8) is 0 Å². The number of hydrogen-bond donors (Lipinski definition) is 2. The van der Waals surface area contributed by atoms with Crippen LogP contribution in [0.3, 0.4) is 0 Å². The van der Waals surface area contributed by atoms with Crippen molar-refractivity contribution in [3.05, 3.63) is 29.3 Å². The molecule has 1 saturated carbocycles. The SMILES string of the molecule is CCN(c1ccc(/C(N)=N/O)c(C(F)(F)F)c1)C1CC1. The maximum atomic E-state index is 13.1. The van der Waals surface area contributed by atoms with Gasteiger partial charge < -0.3 is 15.8 Å². The summed E-state index contributed by atoms with van der Waals surface area (Å²) in [6, 6.07) is 4.20. The zero-order valence-electron chi connectivity index (χ0n) is 11.0. The van der Waals surface area contributed by atoms with Gasteiger partial charge in [0.05, 0.1) is 5.56 Å². The number of alkyl halides is 3. The molecule has 3 N–H and O–H groups in total. The van der Waals surface area contributed by atoms with E-state index in [4.69, 9.17) is 10.9 Å². The minimum Gasteiger partial charge on any atom is -0.409 e. The number of nitrogens with two attached hydrogens (primary N) is 1. The van der Waals surface area contributed by atoms with Crippen LogP contribution in [0, 0.1) is 0 Å². The Morgan fingerprint density at radius 3 is 2.55 bits per heavy atom. The molecule has 7 heteroatoms. The number of halogens is 3. The summed E-state index contributed by atoms with van der Waals surface area (Å²) in [5.41, 5.74) is 4.63. The quantitative estimate of drug-likeness (QED) is 0.387. The van der Waals surface area contributed by atoms with Gasteiger partial charge in [-0.1, -0.05) is 5.16 Å². The summed E-state index contributed by atoms with van der Waals surface area (Å²) in [4.78, 5) is 1.94. The fourth-order valence-corrected chi connectivity index (χ4v) is 2.26. The Bertz CT molecular complexity index is 524. The molecule has 1 aromatic rings. The van der Waals surface area contributed by atoms with Gasteiger partial charge in [-0.2, -0.15) is 13.2 Å². The summed E-state index contributed by atoms with van der Waals surface area (Å²) < 4.78 is 39.3. The summed E-state index contributed by atoms with van der Waals surface area (Å²) in [7, 11) is 0. The highest BCUT2D eigenvalue weighted by atomic mass is 19.4. The molecule has 0 saturated heterocycles. The predicted molar refractivity (Wildman–Crippen MR) is 70.0 cm³/mol. The molecule has 1 aliphatic carbocycles. The fourth-order valence-electron chi connectivity index (χ4n) is 2.26. The zero-order chi connectivity index (χ0) is 14.9. The first-order chi connectivity index (χ1) is 9.38. The second-order valence-electron chi connectivity index (χ2n) is 4.73. The molecule has 0 unspecified atom stereocenters. The van der Waals surface area contributed by atoms with Gasteiger partial charge in [-0.15, -0.1) is 0 Å². The van der Waals surface area contributed by atoms with Crippen molar-refractivity contribution in [3.8, 4) is 0 Å². The monoisotopic (exact) mass is 287 g/mol. The number of oxime groups is 1. The maximum Gasteiger partial charge on any atom is 0.417 e. The van der Waals surface area contributed by atoms with E-state index in [1.165, 1.54) is 6.07 Å². The number of rotatable bonds is 4. The van der Waals surface area contributed by atoms with Gasteiger partial charge in [0.25, 0.3) is 0 Å². The number of amidine groups is 1. The average Bonchev–Trinajstić information content (AvgIpc) is 3.22. The largest absolute Gasteiger partial charge is 0.417 e. The summed E-state index contributed by atoms with van der Waals surface area (Å²) in [6.07, 6.45) is -2.56. The number of benzene rings is 1. The van der Waals surface area contributed by atoms with Gasteiger partial charge in [0.1, 0.15) is 0 Å². The van der Waals surface area contributed by atoms with Crippen LogP contribution in [0.4, 0.5) is 18.9 Å². The normalized spacial score (nSPS) is 16.3. The van der Waals surface area contributed by atoms with E-state index in [0.29, 0.717) is 18.3 Å². The molecular weight excluding hydrogens is 271 g/mol. The summed E-state index contributed by atoms with van der Waals surface area (Å²) >= 11 is 0. The van der Waals surface area contributed by atoms with Crippen molar-refractivity contribution in [2.45, 2.75) is 32.0 Å². The Morgan fingerprint density at radius 2 is 2.10 bits per heavy atom. The summed E-state index contributed by atoms with van der Waals surface area (Å²) in [5.74, 6) is -0.543. The lowest BCUT2D eigenvalue weighted by Crippen LogP contribution is -2.26. The molecule has 1 aliphatic rings. The zero-order valence-corrected chi connectivity index (χ0v) is 11.0.